The Balaban J connectivity index is 2.69. The van der Waals surface area contributed by atoms with Crippen LogP contribution in [0, 0.1) is 6.92 Å². The summed E-state index contributed by atoms with van der Waals surface area (Å²) in [5.41, 5.74) is 2.84. The molecule has 0 atom stereocenters. The zero-order valence-corrected chi connectivity index (χ0v) is 6.07. The van der Waals surface area contributed by atoms with Crippen LogP contribution in [0.25, 0.3) is 0 Å². The molecule has 1 N–H and O–H groups in total. The maximum atomic E-state index is 3.08. The molecule has 0 bridgehead atoms. The molecule has 0 fully saturated rings. The van der Waals surface area contributed by atoms with E-state index in [1.54, 1.807) is 0 Å². The Bertz CT molecular complexity index is 176. The van der Waals surface area contributed by atoms with Crippen LogP contribution in [0.5, 0.6) is 0 Å². The molecule has 0 aromatic carbocycles. The van der Waals surface area contributed by atoms with Crippen LogP contribution in [0.4, 0.5) is 0 Å². The van der Waals surface area contributed by atoms with Crippen molar-refractivity contribution < 1.29 is 0 Å². The minimum absolute atomic E-state index is 1.20. The standard InChI is InChI=1S/C8H13N/c1-3-4-8-6-9-5-7(8)2/h5-6,9H,3-4H2,1-2H3. The molecule has 0 spiro atoms. The smallest absolute Gasteiger partial charge is 0.00400 e. The van der Waals surface area contributed by atoms with Crippen molar-refractivity contribution in [2.24, 2.45) is 0 Å². The Morgan fingerprint density at radius 2 is 2.22 bits per heavy atom. The van der Waals surface area contributed by atoms with Crippen molar-refractivity contribution in [2.45, 2.75) is 26.7 Å². The molecule has 1 nitrogen and oxygen atoms in total. The second kappa shape index (κ2) is 2.72. The third-order valence-corrected chi connectivity index (χ3v) is 1.58. The SMILES string of the molecule is CCCc1c[nH]cc1C. The second-order valence-electron chi connectivity index (χ2n) is 2.41. The molecule has 0 aliphatic carbocycles. The molecule has 50 valence electrons. The van der Waals surface area contributed by atoms with Crippen molar-refractivity contribution in [1.29, 1.82) is 0 Å². The summed E-state index contributed by atoms with van der Waals surface area (Å²) in [7, 11) is 0. The van der Waals surface area contributed by atoms with E-state index in [9.17, 15) is 0 Å². The lowest BCUT2D eigenvalue weighted by molar-refractivity contribution is 0.916. The van der Waals surface area contributed by atoms with E-state index in [-0.39, 0.29) is 0 Å². The van der Waals surface area contributed by atoms with E-state index in [2.05, 4.69) is 25.0 Å². The van der Waals surface area contributed by atoms with Crippen molar-refractivity contribution >= 4 is 0 Å². The molecule has 0 aliphatic rings. The highest BCUT2D eigenvalue weighted by atomic mass is 14.6. The largest absolute Gasteiger partial charge is 0.367 e. The van der Waals surface area contributed by atoms with Gasteiger partial charge in [-0.05, 0) is 24.5 Å². The van der Waals surface area contributed by atoms with Crippen LogP contribution in [0.1, 0.15) is 24.5 Å². The quantitative estimate of drug-likeness (QED) is 0.621. The molecule has 1 rings (SSSR count). The van der Waals surface area contributed by atoms with Gasteiger partial charge >= 0.3 is 0 Å². The van der Waals surface area contributed by atoms with E-state index in [1.807, 2.05) is 6.20 Å². The number of rotatable bonds is 2. The predicted molar refractivity (Wildman–Crippen MR) is 39.5 cm³/mol. The molecule has 1 heteroatoms. The molecular weight excluding hydrogens is 110 g/mol. The first-order valence-corrected chi connectivity index (χ1v) is 3.47. The van der Waals surface area contributed by atoms with Crippen LogP contribution in [0.2, 0.25) is 0 Å². The molecule has 1 aromatic rings. The van der Waals surface area contributed by atoms with Gasteiger partial charge in [-0.25, -0.2) is 0 Å². The average molecular weight is 123 g/mol. The van der Waals surface area contributed by atoms with Gasteiger partial charge in [0.25, 0.3) is 0 Å². The zero-order chi connectivity index (χ0) is 6.69. The van der Waals surface area contributed by atoms with Crippen LogP contribution in [-0.4, -0.2) is 4.98 Å². The van der Waals surface area contributed by atoms with Crippen molar-refractivity contribution in [2.75, 3.05) is 0 Å². The van der Waals surface area contributed by atoms with E-state index in [1.165, 1.54) is 24.0 Å². The molecule has 0 radical (unpaired) electrons. The highest BCUT2D eigenvalue weighted by Gasteiger charge is 1.94. The Morgan fingerprint density at radius 1 is 1.44 bits per heavy atom. The first kappa shape index (κ1) is 6.40. The highest BCUT2D eigenvalue weighted by Crippen LogP contribution is 2.07. The van der Waals surface area contributed by atoms with Crippen LogP contribution in [0.3, 0.4) is 0 Å². The summed E-state index contributed by atoms with van der Waals surface area (Å²) in [5, 5.41) is 0. The van der Waals surface area contributed by atoms with Crippen molar-refractivity contribution in [1.82, 2.24) is 4.98 Å². The maximum absolute atomic E-state index is 3.08. The number of aryl methyl sites for hydroxylation is 2. The Kier molecular flexibility index (Phi) is 1.93. The summed E-state index contributed by atoms with van der Waals surface area (Å²) < 4.78 is 0. The normalized spacial score (nSPS) is 10.0. The molecule has 1 heterocycles. The Labute approximate surface area is 56.1 Å². The minimum atomic E-state index is 1.20. The molecule has 1 aromatic heterocycles. The minimum Gasteiger partial charge on any atom is -0.367 e. The average Bonchev–Trinajstić information content (AvgIpc) is 2.18. The maximum Gasteiger partial charge on any atom is 0.00400 e. The van der Waals surface area contributed by atoms with Gasteiger partial charge in [0, 0.05) is 12.4 Å². The number of hydrogen-bond acceptors (Lipinski definition) is 0. The van der Waals surface area contributed by atoms with Gasteiger partial charge in [-0.15, -0.1) is 0 Å². The van der Waals surface area contributed by atoms with Crippen LogP contribution in [-0.2, 0) is 6.42 Å². The van der Waals surface area contributed by atoms with E-state index < -0.39 is 0 Å². The monoisotopic (exact) mass is 123 g/mol. The topological polar surface area (TPSA) is 15.8 Å². The fraction of sp³-hybridized carbons (Fsp3) is 0.500. The van der Waals surface area contributed by atoms with Gasteiger partial charge in [0.05, 0.1) is 0 Å². The second-order valence-corrected chi connectivity index (χ2v) is 2.41. The first-order chi connectivity index (χ1) is 4.34. The summed E-state index contributed by atoms with van der Waals surface area (Å²) in [4.78, 5) is 3.08. The molecule has 0 saturated heterocycles. The summed E-state index contributed by atoms with van der Waals surface area (Å²) >= 11 is 0. The molecular formula is C8H13N. The van der Waals surface area contributed by atoms with Crippen LogP contribution >= 0.6 is 0 Å². The molecule has 9 heavy (non-hydrogen) atoms. The summed E-state index contributed by atoms with van der Waals surface area (Å²) in [5.74, 6) is 0. The molecule has 0 amide bonds. The summed E-state index contributed by atoms with van der Waals surface area (Å²) in [6.45, 7) is 4.34. The van der Waals surface area contributed by atoms with Crippen molar-refractivity contribution in [3.63, 3.8) is 0 Å². The molecule has 0 unspecified atom stereocenters. The fourth-order valence-electron chi connectivity index (χ4n) is 1.01. The van der Waals surface area contributed by atoms with Gasteiger partial charge < -0.3 is 4.98 Å². The predicted octanol–water partition coefficient (Wildman–Crippen LogP) is 2.28. The van der Waals surface area contributed by atoms with E-state index in [0.29, 0.717) is 0 Å². The third kappa shape index (κ3) is 1.35. The number of aromatic nitrogens is 1. The Hall–Kier alpha value is -0.720. The fourth-order valence-corrected chi connectivity index (χ4v) is 1.01. The van der Waals surface area contributed by atoms with Gasteiger partial charge in [0.2, 0.25) is 0 Å². The van der Waals surface area contributed by atoms with Gasteiger partial charge in [0.1, 0.15) is 0 Å². The van der Waals surface area contributed by atoms with E-state index in [4.69, 9.17) is 0 Å². The Morgan fingerprint density at radius 3 is 2.67 bits per heavy atom. The van der Waals surface area contributed by atoms with Crippen molar-refractivity contribution in [3.8, 4) is 0 Å². The lowest BCUT2D eigenvalue weighted by Crippen LogP contribution is -1.80. The third-order valence-electron chi connectivity index (χ3n) is 1.58. The van der Waals surface area contributed by atoms with Gasteiger partial charge in [-0.1, -0.05) is 13.3 Å². The number of nitrogens with one attached hydrogen (secondary N) is 1. The first-order valence-electron chi connectivity index (χ1n) is 3.47. The molecule has 0 aliphatic heterocycles. The van der Waals surface area contributed by atoms with Crippen LogP contribution < -0.4 is 0 Å². The summed E-state index contributed by atoms with van der Waals surface area (Å²) in [6.07, 6.45) is 6.57. The van der Waals surface area contributed by atoms with Gasteiger partial charge in [0.15, 0.2) is 0 Å². The van der Waals surface area contributed by atoms with Gasteiger partial charge in [-0.2, -0.15) is 0 Å². The van der Waals surface area contributed by atoms with E-state index >= 15 is 0 Å². The highest BCUT2D eigenvalue weighted by molar-refractivity contribution is 5.20. The number of aromatic amines is 1. The number of hydrogen-bond donors (Lipinski definition) is 1. The summed E-state index contributed by atoms with van der Waals surface area (Å²) in [6, 6.07) is 0. The zero-order valence-electron chi connectivity index (χ0n) is 6.07. The van der Waals surface area contributed by atoms with Crippen LogP contribution in [0.15, 0.2) is 12.4 Å². The van der Waals surface area contributed by atoms with Crippen molar-refractivity contribution in [3.05, 3.63) is 23.5 Å². The lowest BCUT2D eigenvalue weighted by atomic mass is 10.1. The van der Waals surface area contributed by atoms with E-state index in [0.717, 1.165) is 0 Å². The molecule has 0 saturated carbocycles. The number of H-pyrrole nitrogens is 1. The lowest BCUT2D eigenvalue weighted by Gasteiger charge is -1.92. The van der Waals surface area contributed by atoms with Gasteiger partial charge in [-0.3, -0.25) is 0 Å².